The molecule has 0 bridgehead atoms. The van der Waals surface area contributed by atoms with Gasteiger partial charge in [-0.15, -0.1) is 0 Å². The van der Waals surface area contributed by atoms with Gasteiger partial charge in [0.15, 0.2) is 0 Å². The van der Waals surface area contributed by atoms with Crippen LogP contribution < -0.4 is 13.9 Å². The highest BCUT2D eigenvalue weighted by Crippen LogP contribution is 2.30. The first kappa shape index (κ1) is 19.9. The van der Waals surface area contributed by atoms with Gasteiger partial charge in [-0.3, -0.25) is 14.1 Å². The predicted molar refractivity (Wildman–Crippen MR) is 114 cm³/mol. The highest BCUT2D eigenvalue weighted by molar-refractivity contribution is 7.92. The van der Waals surface area contributed by atoms with Crippen molar-refractivity contribution in [1.82, 2.24) is 4.98 Å². The normalized spacial score (nSPS) is 13.0. The van der Waals surface area contributed by atoms with Crippen molar-refractivity contribution in [3.8, 4) is 5.75 Å². The first-order valence-corrected chi connectivity index (χ1v) is 10.9. The molecule has 154 valence electrons. The van der Waals surface area contributed by atoms with Crippen LogP contribution in [0.2, 0.25) is 0 Å². The third kappa shape index (κ3) is 3.73. The van der Waals surface area contributed by atoms with Gasteiger partial charge in [-0.25, -0.2) is 8.42 Å². The Labute approximate surface area is 175 Å². The molecule has 2 aromatic carbocycles. The van der Waals surface area contributed by atoms with Crippen LogP contribution in [0.1, 0.15) is 5.56 Å². The average Bonchev–Trinajstić information content (AvgIpc) is 3.22. The van der Waals surface area contributed by atoms with E-state index in [9.17, 15) is 13.2 Å². The second kappa shape index (κ2) is 8.16. The van der Waals surface area contributed by atoms with Crippen LogP contribution in [-0.4, -0.2) is 39.5 Å². The summed E-state index contributed by atoms with van der Waals surface area (Å²) in [5.74, 6) is 0.306. The van der Waals surface area contributed by atoms with Crippen LogP contribution in [0.5, 0.6) is 5.75 Å². The van der Waals surface area contributed by atoms with Crippen LogP contribution in [0.25, 0.3) is 0 Å². The Morgan fingerprint density at radius 1 is 1.10 bits per heavy atom. The number of ether oxygens (including phenoxy) is 1. The summed E-state index contributed by atoms with van der Waals surface area (Å²) in [6.45, 7) is 0.208. The van der Waals surface area contributed by atoms with E-state index in [1.807, 2.05) is 24.3 Å². The second-order valence-electron chi connectivity index (χ2n) is 6.82. The number of para-hydroxylation sites is 1. The number of aromatic nitrogens is 1. The van der Waals surface area contributed by atoms with E-state index in [-0.39, 0.29) is 17.3 Å². The van der Waals surface area contributed by atoms with Crippen molar-refractivity contribution >= 4 is 27.3 Å². The molecule has 7 nitrogen and oxygen atoms in total. The molecule has 30 heavy (non-hydrogen) atoms. The zero-order valence-corrected chi connectivity index (χ0v) is 17.2. The SMILES string of the molecule is COc1ccc(N(CC(=O)N2CCc3ccccc32)S(=O)(=O)c2cccnc2)cc1. The standard InChI is InChI=1S/C22H21N3O4S/c1-29-19-10-8-18(9-11-19)25(30(27,28)20-6-4-13-23-15-20)16-22(26)24-14-12-17-5-2-3-7-21(17)24/h2-11,13,15H,12,14,16H2,1H3. The number of pyridine rings is 1. The molecule has 0 radical (unpaired) electrons. The molecule has 1 aliphatic rings. The summed E-state index contributed by atoms with van der Waals surface area (Å²) in [6.07, 6.45) is 3.53. The Bertz CT molecular complexity index is 1150. The molecule has 0 unspecified atom stereocenters. The summed E-state index contributed by atoms with van der Waals surface area (Å²) >= 11 is 0. The number of rotatable bonds is 6. The molecule has 0 fully saturated rings. The van der Waals surface area contributed by atoms with Gasteiger partial charge in [0.2, 0.25) is 5.91 Å². The minimum absolute atomic E-state index is 0.0236. The average molecular weight is 423 g/mol. The maximum atomic E-state index is 13.4. The lowest BCUT2D eigenvalue weighted by Crippen LogP contribution is -2.42. The third-order valence-corrected chi connectivity index (χ3v) is 6.81. The van der Waals surface area contributed by atoms with Crippen molar-refractivity contribution in [2.75, 3.05) is 29.4 Å². The first-order valence-electron chi connectivity index (χ1n) is 9.46. The molecule has 2 heterocycles. The van der Waals surface area contributed by atoms with Crippen LogP contribution in [0, 0.1) is 0 Å². The van der Waals surface area contributed by atoms with Gasteiger partial charge in [-0.1, -0.05) is 18.2 Å². The summed E-state index contributed by atoms with van der Waals surface area (Å²) < 4.78 is 33.0. The number of fused-ring (bicyclic) bond motifs is 1. The molecule has 0 saturated heterocycles. The van der Waals surface area contributed by atoms with E-state index < -0.39 is 10.0 Å². The fourth-order valence-corrected chi connectivity index (χ4v) is 4.87. The molecule has 3 aromatic rings. The maximum absolute atomic E-state index is 13.4. The molecule has 1 amide bonds. The van der Waals surface area contributed by atoms with E-state index in [1.54, 1.807) is 35.2 Å². The van der Waals surface area contributed by atoms with E-state index in [4.69, 9.17) is 4.74 Å². The van der Waals surface area contributed by atoms with Gasteiger partial charge in [0, 0.05) is 24.6 Å². The maximum Gasteiger partial charge on any atom is 0.266 e. The van der Waals surface area contributed by atoms with Crippen LogP contribution in [0.4, 0.5) is 11.4 Å². The fraction of sp³-hybridized carbons (Fsp3) is 0.182. The first-order chi connectivity index (χ1) is 14.5. The number of sulfonamides is 1. The number of anilines is 2. The summed E-state index contributed by atoms with van der Waals surface area (Å²) in [6, 6.07) is 17.3. The third-order valence-electron chi connectivity index (χ3n) is 5.05. The van der Waals surface area contributed by atoms with Crippen LogP contribution in [0.15, 0.2) is 78.0 Å². The van der Waals surface area contributed by atoms with E-state index in [0.29, 0.717) is 18.0 Å². The van der Waals surface area contributed by atoms with E-state index >= 15 is 0 Å². The largest absolute Gasteiger partial charge is 0.497 e. The van der Waals surface area contributed by atoms with Gasteiger partial charge < -0.3 is 9.64 Å². The van der Waals surface area contributed by atoms with Gasteiger partial charge in [0.1, 0.15) is 17.2 Å². The lowest BCUT2D eigenvalue weighted by molar-refractivity contribution is -0.117. The quantitative estimate of drug-likeness (QED) is 0.609. The van der Waals surface area contributed by atoms with Crippen molar-refractivity contribution in [2.24, 2.45) is 0 Å². The Balaban J connectivity index is 1.70. The lowest BCUT2D eigenvalue weighted by atomic mass is 10.2. The number of methoxy groups -OCH3 is 1. The van der Waals surface area contributed by atoms with Crippen molar-refractivity contribution < 1.29 is 17.9 Å². The molecule has 8 heteroatoms. The zero-order valence-electron chi connectivity index (χ0n) is 16.4. The topological polar surface area (TPSA) is 79.8 Å². The zero-order chi connectivity index (χ0) is 21.1. The number of amides is 1. The van der Waals surface area contributed by atoms with Gasteiger partial charge in [-0.05, 0) is 54.4 Å². The number of hydrogen-bond acceptors (Lipinski definition) is 5. The molecular formula is C22H21N3O4S. The summed E-state index contributed by atoms with van der Waals surface area (Å²) in [5.41, 5.74) is 2.29. The fourth-order valence-electron chi connectivity index (χ4n) is 3.50. The molecule has 1 aliphatic heterocycles. The Morgan fingerprint density at radius 2 is 1.87 bits per heavy atom. The minimum Gasteiger partial charge on any atom is -0.497 e. The minimum atomic E-state index is -3.99. The van der Waals surface area contributed by atoms with E-state index in [0.717, 1.165) is 22.0 Å². The van der Waals surface area contributed by atoms with Crippen molar-refractivity contribution in [3.63, 3.8) is 0 Å². The number of carbonyl (C=O) groups excluding carboxylic acids is 1. The Kier molecular flexibility index (Phi) is 5.41. The molecule has 4 rings (SSSR count). The van der Waals surface area contributed by atoms with Gasteiger partial charge >= 0.3 is 0 Å². The molecule has 1 aromatic heterocycles. The van der Waals surface area contributed by atoms with E-state index in [2.05, 4.69) is 4.98 Å². The van der Waals surface area contributed by atoms with Crippen LogP contribution in [0.3, 0.4) is 0 Å². The van der Waals surface area contributed by atoms with Crippen LogP contribution >= 0.6 is 0 Å². The Morgan fingerprint density at radius 3 is 2.57 bits per heavy atom. The van der Waals surface area contributed by atoms with Crippen molar-refractivity contribution in [3.05, 3.63) is 78.6 Å². The summed E-state index contributed by atoms with van der Waals surface area (Å²) in [5, 5.41) is 0. The number of benzene rings is 2. The van der Waals surface area contributed by atoms with Gasteiger partial charge in [-0.2, -0.15) is 0 Å². The summed E-state index contributed by atoms with van der Waals surface area (Å²) in [7, 11) is -2.46. The number of carbonyl (C=O) groups is 1. The predicted octanol–water partition coefficient (Wildman–Crippen LogP) is 2.87. The highest BCUT2D eigenvalue weighted by atomic mass is 32.2. The number of nitrogens with zero attached hydrogens (tertiary/aromatic N) is 3. The van der Waals surface area contributed by atoms with E-state index in [1.165, 1.54) is 25.6 Å². The molecule has 0 atom stereocenters. The highest BCUT2D eigenvalue weighted by Gasteiger charge is 2.31. The molecule has 0 N–H and O–H groups in total. The van der Waals surface area contributed by atoms with Gasteiger partial charge in [0.05, 0.1) is 12.8 Å². The van der Waals surface area contributed by atoms with Gasteiger partial charge in [0.25, 0.3) is 10.0 Å². The Hall–Kier alpha value is -3.39. The molecule has 0 aliphatic carbocycles. The van der Waals surface area contributed by atoms with Crippen molar-refractivity contribution in [2.45, 2.75) is 11.3 Å². The molecular weight excluding hydrogens is 402 g/mol. The molecule has 0 spiro atoms. The summed E-state index contributed by atoms with van der Waals surface area (Å²) in [4.78, 5) is 18.8. The second-order valence-corrected chi connectivity index (χ2v) is 8.68. The lowest BCUT2D eigenvalue weighted by Gasteiger charge is -2.26. The number of hydrogen-bond donors (Lipinski definition) is 0. The smallest absolute Gasteiger partial charge is 0.266 e. The van der Waals surface area contributed by atoms with Crippen molar-refractivity contribution in [1.29, 1.82) is 0 Å². The monoisotopic (exact) mass is 423 g/mol. The molecule has 0 saturated carbocycles. The van der Waals surface area contributed by atoms with Crippen LogP contribution in [-0.2, 0) is 21.2 Å².